The standard InChI is InChI=1S/C11H9NO4/c1-6-9(11(14)15)10(13)7-4-2-3-5-8(7)12(6)16/h2-5,16H,1H3,(H,14,15). The number of aromatic carboxylic acids is 1. The van der Waals surface area contributed by atoms with Crippen molar-refractivity contribution in [1.29, 1.82) is 0 Å². The maximum Gasteiger partial charge on any atom is 0.341 e. The van der Waals surface area contributed by atoms with Crippen LogP contribution in [0, 0.1) is 6.92 Å². The van der Waals surface area contributed by atoms with Gasteiger partial charge in [0.15, 0.2) is 0 Å². The van der Waals surface area contributed by atoms with Crippen molar-refractivity contribution in [2.45, 2.75) is 6.92 Å². The fraction of sp³-hybridized carbons (Fsp3) is 0.0909. The molecule has 5 nitrogen and oxygen atoms in total. The van der Waals surface area contributed by atoms with E-state index in [0.717, 1.165) is 4.73 Å². The Kier molecular flexibility index (Phi) is 2.16. The Morgan fingerprint density at radius 3 is 2.56 bits per heavy atom. The molecule has 0 unspecified atom stereocenters. The lowest BCUT2D eigenvalue weighted by molar-refractivity contribution is 0.0689. The monoisotopic (exact) mass is 219 g/mol. The lowest BCUT2D eigenvalue weighted by Gasteiger charge is -2.09. The predicted octanol–water partition coefficient (Wildman–Crippen LogP) is 1.25. The van der Waals surface area contributed by atoms with Crippen molar-refractivity contribution in [3.05, 3.63) is 45.7 Å². The highest BCUT2D eigenvalue weighted by atomic mass is 16.5. The third-order valence-electron chi connectivity index (χ3n) is 2.50. The molecule has 2 rings (SSSR count). The van der Waals surface area contributed by atoms with Gasteiger partial charge in [-0.05, 0) is 19.1 Å². The molecule has 0 amide bonds. The highest BCUT2D eigenvalue weighted by Gasteiger charge is 2.18. The third-order valence-corrected chi connectivity index (χ3v) is 2.50. The van der Waals surface area contributed by atoms with Gasteiger partial charge in [0.05, 0.1) is 16.6 Å². The summed E-state index contributed by atoms with van der Waals surface area (Å²) in [5, 5.41) is 18.8. The molecule has 2 N–H and O–H groups in total. The van der Waals surface area contributed by atoms with E-state index in [4.69, 9.17) is 5.11 Å². The zero-order chi connectivity index (χ0) is 11.9. The maximum atomic E-state index is 11.8. The van der Waals surface area contributed by atoms with Gasteiger partial charge in [-0.15, -0.1) is 0 Å². The van der Waals surface area contributed by atoms with Crippen LogP contribution >= 0.6 is 0 Å². The third kappa shape index (κ3) is 1.25. The summed E-state index contributed by atoms with van der Waals surface area (Å²) in [4.78, 5) is 22.8. The first kappa shape index (κ1) is 10.2. The number of carbonyl (C=O) groups is 1. The molecule has 5 heteroatoms. The van der Waals surface area contributed by atoms with Gasteiger partial charge in [-0.2, -0.15) is 4.73 Å². The van der Waals surface area contributed by atoms with E-state index < -0.39 is 17.0 Å². The molecule has 1 heterocycles. The van der Waals surface area contributed by atoms with Crippen molar-refractivity contribution in [2.24, 2.45) is 0 Å². The molecule has 16 heavy (non-hydrogen) atoms. The number of hydrogen-bond acceptors (Lipinski definition) is 3. The van der Waals surface area contributed by atoms with Crippen LogP contribution in [0.15, 0.2) is 29.1 Å². The first-order valence-corrected chi connectivity index (χ1v) is 4.61. The Morgan fingerprint density at radius 2 is 1.94 bits per heavy atom. The SMILES string of the molecule is Cc1c(C(=O)O)c(=O)c2ccccc2n1O. The van der Waals surface area contributed by atoms with Gasteiger partial charge in [-0.1, -0.05) is 12.1 Å². The molecule has 0 aliphatic carbocycles. The molecule has 0 radical (unpaired) electrons. The second-order valence-corrected chi connectivity index (χ2v) is 3.42. The molecule has 82 valence electrons. The highest BCUT2D eigenvalue weighted by molar-refractivity contribution is 5.93. The Labute approximate surface area is 90.1 Å². The van der Waals surface area contributed by atoms with Gasteiger partial charge in [0.25, 0.3) is 0 Å². The van der Waals surface area contributed by atoms with Crippen LogP contribution in [0.1, 0.15) is 16.1 Å². The minimum Gasteiger partial charge on any atom is -0.477 e. The normalized spacial score (nSPS) is 10.6. The van der Waals surface area contributed by atoms with Gasteiger partial charge in [0.1, 0.15) is 5.56 Å². The number of benzene rings is 1. The summed E-state index contributed by atoms with van der Waals surface area (Å²) in [6.45, 7) is 1.39. The molecule has 0 bridgehead atoms. The van der Waals surface area contributed by atoms with Crippen molar-refractivity contribution in [1.82, 2.24) is 4.73 Å². The smallest absolute Gasteiger partial charge is 0.341 e. The summed E-state index contributed by atoms with van der Waals surface area (Å²) in [7, 11) is 0. The van der Waals surface area contributed by atoms with Crippen LogP contribution in [0.2, 0.25) is 0 Å². The maximum absolute atomic E-state index is 11.8. The van der Waals surface area contributed by atoms with E-state index in [1.165, 1.54) is 13.0 Å². The number of rotatable bonds is 1. The number of carboxylic acid groups (broad SMARTS) is 1. The van der Waals surface area contributed by atoms with Crippen LogP contribution in [0.25, 0.3) is 10.9 Å². The van der Waals surface area contributed by atoms with Crippen LogP contribution in [-0.4, -0.2) is 21.0 Å². The Morgan fingerprint density at radius 1 is 1.31 bits per heavy atom. The number of nitrogens with zero attached hydrogens (tertiary/aromatic N) is 1. The molecule has 0 aliphatic heterocycles. The van der Waals surface area contributed by atoms with Crippen LogP contribution in [0.5, 0.6) is 0 Å². The molecule has 0 saturated heterocycles. The quantitative estimate of drug-likeness (QED) is 0.707. The van der Waals surface area contributed by atoms with Crippen molar-refractivity contribution < 1.29 is 15.1 Å². The highest BCUT2D eigenvalue weighted by Crippen LogP contribution is 2.13. The van der Waals surface area contributed by atoms with Gasteiger partial charge in [-0.25, -0.2) is 4.79 Å². The summed E-state index contributed by atoms with van der Waals surface area (Å²) in [5.41, 5.74) is -0.654. The van der Waals surface area contributed by atoms with Crippen molar-refractivity contribution in [3.8, 4) is 0 Å². The van der Waals surface area contributed by atoms with Gasteiger partial charge in [0, 0.05) is 0 Å². The van der Waals surface area contributed by atoms with Crippen molar-refractivity contribution in [2.75, 3.05) is 0 Å². The van der Waals surface area contributed by atoms with E-state index in [2.05, 4.69) is 0 Å². The molecule has 0 aliphatic rings. The van der Waals surface area contributed by atoms with Gasteiger partial charge >= 0.3 is 5.97 Å². The van der Waals surface area contributed by atoms with Crippen LogP contribution < -0.4 is 5.43 Å². The second-order valence-electron chi connectivity index (χ2n) is 3.42. The first-order valence-electron chi connectivity index (χ1n) is 4.61. The van der Waals surface area contributed by atoms with Crippen LogP contribution in [-0.2, 0) is 0 Å². The Bertz CT molecular complexity index is 642. The fourth-order valence-corrected chi connectivity index (χ4v) is 1.69. The van der Waals surface area contributed by atoms with Crippen molar-refractivity contribution in [3.63, 3.8) is 0 Å². The minimum absolute atomic E-state index is 0.0243. The zero-order valence-electron chi connectivity index (χ0n) is 8.47. The fourth-order valence-electron chi connectivity index (χ4n) is 1.69. The van der Waals surface area contributed by atoms with Crippen molar-refractivity contribution >= 4 is 16.9 Å². The zero-order valence-corrected chi connectivity index (χ0v) is 8.47. The number of carboxylic acids is 1. The summed E-state index contributed by atoms with van der Waals surface area (Å²) in [6, 6.07) is 6.31. The topological polar surface area (TPSA) is 79.5 Å². The van der Waals surface area contributed by atoms with Gasteiger partial charge < -0.3 is 10.3 Å². The van der Waals surface area contributed by atoms with E-state index >= 15 is 0 Å². The van der Waals surface area contributed by atoms with E-state index in [1.807, 2.05) is 0 Å². The molecule has 0 spiro atoms. The van der Waals surface area contributed by atoms with E-state index in [9.17, 15) is 14.8 Å². The second kappa shape index (κ2) is 3.37. The number of fused-ring (bicyclic) bond motifs is 1. The largest absolute Gasteiger partial charge is 0.477 e. The molecule has 0 saturated carbocycles. The molecular formula is C11H9NO4. The Hall–Kier alpha value is -2.30. The molecule has 1 aromatic carbocycles. The summed E-state index contributed by atoms with van der Waals surface area (Å²) in [5.74, 6) is -1.34. The number of aromatic nitrogens is 1. The minimum atomic E-state index is -1.34. The summed E-state index contributed by atoms with van der Waals surface area (Å²) in [6.07, 6.45) is 0. The number of para-hydroxylation sites is 1. The molecule has 0 fully saturated rings. The molecular weight excluding hydrogens is 210 g/mol. The summed E-state index contributed by atoms with van der Waals surface area (Å²) < 4.78 is 0.722. The van der Waals surface area contributed by atoms with Gasteiger partial charge in [-0.3, -0.25) is 4.79 Å². The summed E-state index contributed by atoms with van der Waals surface area (Å²) >= 11 is 0. The predicted molar refractivity (Wildman–Crippen MR) is 57.1 cm³/mol. The average Bonchev–Trinajstić information content (AvgIpc) is 2.26. The Balaban J connectivity index is 3.07. The first-order chi connectivity index (χ1) is 7.54. The number of pyridine rings is 1. The average molecular weight is 219 g/mol. The van der Waals surface area contributed by atoms with E-state index in [1.54, 1.807) is 18.2 Å². The lowest BCUT2D eigenvalue weighted by Crippen LogP contribution is -2.21. The molecule has 0 atom stereocenters. The molecule has 2 aromatic rings. The van der Waals surface area contributed by atoms with E-state index in [-0.39, 0.29) is 11.1 Å². The molecule has 1 aromatic heterocycles. The number of hydrogen-bond donors (Lipinski definition) is 2. The van der Waals surface area contributed by atoms with Gasteiger partial charge in [0.2, 0.25) is 5.43 Å². The lowest BCUT2D eigenvalue weighted by atomic mass is 10.1. The van der Waals surface area contributed by atoms with Crippen LogP contribution in [0.3, 0.4) is 0 Å². The van der Waals surface area contributed by atoms with E-state index in [0.29, 0.717) is 5.52 Å². The van der Waals surface area contributed by atoms with Crippen LogP contribution in [0.4, 0.5) is 0 Å².